The highest BCUT2D eigenvalue weighted by atomic mass is 32.2. The summed E-state index contributed by atoms with van der Waals surface area (Å²) in [6.45, 7) is 1.93. The van der Waals surface area contributed by atoms with E-state index in [-0.39, 0.29) is 11.7 Å². The van der Waals surface area contributed by atoms with Crippen molar-refractivity contribution in [1.29, 1.82) is 0 Å². The second-order valence-corrected chi connectivity index (χ2v) is 8.00. The number of aromatic nitrogens is 3. The average molecular weight is 474 g/mol. The summed E-state index contributed by atoms with van der Waals surface area (Å²) in [5, 5.41) is 24.3. The normalized spacial score (nSPS) is 12.2. The van der Waals surface area contributed by atoms with Crippen LogP contribution in [0.4, 0.5) is 5.69 Å². The van der Waals surface area contributed by atoms with Crippen LogP contribution in [0.25, 0.3) is 5.69 Å². The molecule has 4 rings (SSSR count). The van der Waals surface area contributed by atoms with Crippen molar-refractivity contribution in [2.45, 2.75) is 18.2 Å². The lowest BCUT2D eigenvalue weighted by atomic mass is 10.1. The SMILES string of the molecule is CCOC(=O)C(=NNc1ccccc1)Sc1nnc(C(O)c2ccccc2)n1-c1ccccc1. The summed E-state index contributed by atoms with van der Waals surface area (Å²) in [5.41, 5.74) is 5.01. The molecule has 0 radical (unpaired) electrons. The molecule has 172 valence electrons. The number of aliphatic hydroxyl groups is 1. The molecule has 0 aliphatic rings. The fourth-order valence-electron chi connectivity index (χ4n) is 3.15. The molecule has 1 unspecified atom stereocenters. The number of anilines is 1. The number of carbonyl (C=O) groups is 1. The number of benzene rings is 3. The lowest BCUT2D eigenvalue weighted by molar-refractivity contribution is -0.134. The molecule has 0 saturated carbocycles. The number of aliphatic hydroxyl groups excluding tert-OH is 1. The van der Waals surface area contributed by atoms with Gasteiger partial charge in [-0.25, -0.2) is 4.79 Å². The van der Waals surface area contributed by atoms with Crippen molar-refractivity contribution >= 4 is 28.5 Å². The Labute approximate surface area is 201 Å². The zero-order valence-corrected chi connectivity index (χ0v) is 19.2. The first-order valence-electron chi connectivity index (χ1n) is 10.6. The van der Waals surface area contributed by atoms with Crippen LogP contribution in [0.5, 0.6) is 0 Å². The second-order valence-electron chi connectivity index (χ2n) is 7.04. The summed E-state index contributed by atoms with van der Waals surface area (Å²) in [4.78, 5) is 12.7. The maximum absolute atomic E-state index is 12.7. The van der Waals surface area contributed by atoms with Gasteiger partial charge in [-0.1, -0.05) is 66.7 Å². The minimum absolute atomic E-state index is 0.0519. The lowest BCUT2D eigenvalue weighted by Gasteiger charge is -2.14. The number of thioether (sulfide) groups is 1. The van der Waals surface area contributed by atoms with Gasteiger partial charge in [-0.3, -0.25) is 9.99 Å². The number of carbonyl (C=O) groups excluding carboxylic acids is 1. The summed E-state index contributed by atoms with van der Waals surface area (Å²) < 4.78 is 6.90. The molecule has 0 aliphatic heterocycles. The Kier molecular flexibility index (Phi) is 7.69. The van der Waals surface area contributed by atoms with Crippen molar-refractivity contribution in [2.75, 3.05) is 12.0 Å². The number of nitrogens with zero attached hydrogens (tertiary/aromatic N) is 4. The molecule has 9 heteroatoms. The number of rotatable bonds is 7. The Morgan fingerprint density at radius 3 is 2.26 bits per heavy atom. The zero-order valence-electron chi connectivity index (χ0n) is 18.4. The summed E-state index contributed by atoms with van der Waals surface area (Å²) in [5.74, 6) is -0.275. The molecule has 4 aromatic rings. The molecule has 1 aromatic heterocycles. The van der Waals surface area contributed by atoms with E-state index in [4.69, 9.17) is 4.74 Å². The zero-order chi connectivity index (χ0) is 23.8. The van der Waals surface area contributed by atoms with Crippen LogP contribution in [0, 0.1) is 0 Å². The summed E-state index contributed by atoms with van der Waals surface area (Å²) in [6, 6.07) is 27.9. The van der Waals surface area contributed by atoms with Crippen LogP contribution in [-0.2, 0) is 9.53 Å². The topological polar surface area (TPSA) is 102 Å². The van der Waals surface area contributed by atoms with Gasteiger partial charge in [0, 0.05) is 5.69 Å². The smallest absolute Gasteiger partial charge is 0.365 e. The first kappa shape index (κ1) is 23.2. The number of hydrogen-bond acceptors (Lipinski definition) is 8. The van der Waals surface area contributed by atoms with E-state index in [1.54, 1.807) is 11.5 Å². The van der Waals surface area contributed by atoms with Crippen LogP contribution < -0.4 is 5.43 Å². The van der Waals surface area contributed by atoms with Crippen LogP contribution in [0.3, 0.4) is 0 Å². The van der Waals surface area contributed by atoms with E-state index < -0.39 is 12.1 Å². The predicted molar refractivity (Wildman–Crippen MR) is 132 cm³/mol. The van der Waals surface area contributed by atoms with Gasteiger partial charge in [-0.2, -0.15) is 5.10 Å². The highest BCUT2D eigenvalue weighted by Gasteiger charge is 2.25. The molecule has 0 aliphatic carbocycles. The third-order valence-electron chi connectivity index (χ3n) is 4.73. The third-order valence-corrected chi connectivity index (χ3v) is 5.63. The molecule has 0 amide bonds. The van der Waals surface area contributed by atoms with E-state index in [2.05, 4.69) is 20.7 Å². The van der Waals surface area contributed by atoms with E-state index in [0.29, 0.717) is 16.5 Å². The van der Waals surface area contributed by atoms with E-state index in [1.807, 2.05) is 91.0 Å². The van der Waals surface area contributed by atoms with Crippen molar-refractivity contribution in [3.8, 4) is 5.69 Å². The highest BCUT2D eigenvalue weighted by Crippen LogP contribution is 2.29. The van der Waals surface area contributed by atoms with Gasteiger partial charge >= 0.3 is 5.97 Å². The lowest BCUT2D eigenvalue weighted by Crippen LogP contribution is -2.17. The van der Waals surface area contributed by atoms with Crippen LogP contribution in [-0.4, -0.2) is 37.5 Å². The van der Waals surface area contributed by atoms with Crippen LogP contribution in [0.1, 0.15) is 24.4 Å². The van der Waals surface area contributed by atoms with Gasteiger partial charge in [0.1, 0.15) is 6.10 Å². The minimum atomic E-state index is -1.02. The second kappa shape index (κ2) is 11.3. The molecular formula is C25H23N5O3S. The molecular weight excluding hydrogens is 450 g/mol. The standard InChI is InChI=1S/C25H23N5O3S/c1-2-33-24(32)23(28-26-19-14-8-4-9-15-19)34-25-29-27-22(21(31)18-12-6-3-7-13-18)30(25)20-16-10-5-11-17-20/h3-17,21,26,31H,2H2,1H3. The first-order valence-corrected chi connectivity index (χ1v) is 11.5. The Morgan fingerprint density at radius 1 is 1.00 bits per heavy atom. The largest absolute Gasteiger partial charge is 0.461 e. The summed E-state index contributed by atoms with van der Waals surface area (Å²) >= 11 is 1.00. The summed E-state index contributed by atoms with van der Waals surface area (Å²) in [6.07, 6.45) is -1.02. The predicted octanol–water partition coefficient (Wildman–Crippen LogP) is 4.43. The number of esters is 1. The molecule has 1 atom stereocenters. The maximum Gasteiger partial charge on any atom is 0.365 e. The van der Waals surface area contributed by atoms with E-state index >= 15 is 0 Å². The van der Waals surface area contributed by atoms with Gasteiger partial charge in [0.25, 0.3) is 0 Å². The minimum Gasteiger partial charge on any atom is -0.461 e. The van der Waals surface area contributed by atoms with Crippen molar-refractivity contribution in [1.82, 2.24) is 14.8 Å². The molecule has 0 fully saturated rings. The number of hydrogen-bond donors (Lipinski definition) is 2. The van der Waals surface area contributed by atoms with Crippen molar-refractivity contribution in [3.63, 3.8) is 0 Å². The Bertz CT molecular complexity index is 1250. The monoisotopic (exact) mass is 473 g/mol. The molecule has 0 saturated heterocycles. The number of para-hydroxylation sites is 2. The molecule has 3 aromatic carbocycles. The highest BCUT2D eigenvalue weighted by molar-refractivity contribution is 8.15. The maximum atomic E-state index is 12.7. The summed E-state index contributed by atoms with van der Waals surface area (Å²) in [7, 11) is 0. The molecule has 0 spiro atoms. The van der Waals surface area contributed by atoms with Crippen molar-refractivity contribution in [2.24, 2.45) is 5.10 Å². The third kappa shape index (κ3) is 5.51. The fraction of sp³-hybridized carbons (Fsp3) is 0.120. The van der Waals surface area contributed by atoms with Gasteiger partial charge in [0.15, 0.2) is 5.82 Å². The van der Waals surface area contributed by atoms with Gasteiger partial charge in [-0.05, 0) is 48.5 Å². The number of ether oxygens (including phenoxy) is 1. The quantitative estimate of drug-likeness (QED) is 0.135. The van der Waals surface area contributed by atoms with Crippen LogP contribution >= 0.6 is 11.8 Å². The molecule has 1 heterocycles. The van der Waals surface area contributed by atoms with Crippen molar-refractivity contribution in [3.05, 3.63) is 102 Å². The fourth-order valence-corrected chi connectivity index (χ4v) is 3.92. The van der Waals surface area contributed by atoms with Gasteiger partial charge in [-0.15, -0.1) is 10.2 Å². The Hall–Kier alpha value is -3.95. The van der Waals surface area contributed by atoms with Crippen LogP contribution in [0.15, 0.2) is 101 Å². The molecule has 2 N–H and O–H groups in total. The number of hydrazone groups is 1. The van der Waals surface area contributed by atoms with Gasteiger partial charge in [0.05, 0.1) is 12.3 Å². The van der Waals surface area contributed by atoms with Gasteiger partial charge in [0.2, 0.25) is 10.2 Å². The number of nitrogens with one attached hydrogen (secondary N) is 1. The van der Waals surface area contributed by atoms with Crippen LogP contribution in [0.2, 0.25) is 0 Å². The van der Waals surface area contributed by atoms with E-state index in [0.717, 1.165) is 23.1 Å². The molecule has 0 bridgehead atoms. The molecule has 34 heavy (non-hydrogen) atoms. The average Bonchev–Trinajstić information content (AvgIpc) is 3.31. The Balaban J connectivity index is 1.73. The van der Waals surface area contributed by atoms with Crippen molar-refractivity contribution < 1.29 is 14.6 Å². The first-order chi connectivity index (χ1) is 16.7. The Morgan fingerprint density at radius 2 is 1.62 bits per heavy atom. The van der Waals surface area contributed by atoms with E-state index in [1.165, 1.54) is 0 Å². The molecule has 8 nitrogen and oxygen atoms in total. The van der Waals surface area contributed by atoms with Gasteiger partial charge < -0.3 is 9.84 Å². The van der Waals surface area contributed by atoms with E-state index in [9.17, 15) is 9.90 Å².